The monoisotopic (exact) mass is 564 g/mol. The first-order chi connectivity index (χ1) is 18.5. The maximum atomic E-state index is 13.4. The summed E-state index contributed by atoms with van der Waals surface area (Å²) in [4.78, 5) is 68.4. The van der Waals surface area contributed by atoms with E-state index < -0.39 is 60.2 Å². The lowest BCUT2D eigenvalue weighted by Gasteiger charge is -2.25. The standard InChI is InChI=1S/C24H32N6O8S/c1-39-7-6-16(25)21(34)28-18(9-14-11-26-12-27-14)23(36)29-17(8-13-2-4-15(31)5-3-13)22(35)30-19(24(37)38)10-20(32)33/h2-5,11-12,16-19,31H,6-10,25H2,1H3,(H,26,27)(H,28,34)(H,29,36)(H,30,35)(H,32,33)(H,37,38). The molecule has 4 atom stereocenters. The number of aromatic nitrogens is 2. The highest BCUT2D eigenvalue weighted by molar-refractivity contribution is 7.98. The van der Waals surface area contributed by atoms with Crippen LogP contribution in [0.5, 0.6) is 5.75 Å². The highest BCUT2D eigenvalue weighted by Gasteiger charge is 2.31. The minimum absolute atomic E-state index is 0.0167. The van der Waals surface area contributed by atoms with Crippen molar-refractivity contribution in [2.75, 3.05) is 12.0 Å². The van der Waals surface area contributed by atoms with Gasteiger partial charge in [-0.1, -0.05) is 12.1 Å². The number of benzene rings is 1. The Balaban J connectivity index is 2.28. The number of nitrogens with one attached hydrogen (secondary N) is 4. The molecule has 2 rings (SSSR count). The molecule has 0 radical (unpaired) electrons. The number of hydrogen-bond donors (Lipinski definition) is 8. The van der Waals surface area contributed by atoms with Gasteiger partial charge in [0.1, 0.15) is 23.9 Å². The molecule has 9 N–H and O–H groups in total. The molecule has 2 aromatic rings. The van der Waals surface area contributed by atoms with Crippen LogP contribution in [0.1, 0.15) is 24.1 Å². The number of carboxylic acid groups (broad SMARTS) is 2. The lowest BCUT2D eigenvalue weighted by atomic mass is 10.0. The lowest BCUT2D eigenvalue weighted by molar-refractivity contribution is -0.147. The van der Waals surface area contributed by atoms with Gasteiger partial charge in [-0.25, -0.2) is 9.78 Å². The second kappa shape index (κ2) is 15.3. The van der Waals surface area contributed by atoms with Crippen molar-refractivity contribution >= 4 is 41.4 Å². The van der Waals surface area contributed by atoms with Crippen LogP contribution in [-0.4, -0.2) is 91.1 Å². The molecule has 0 fully saturated rings. The van der Waals surface area contributed by atoms with Gasteiger partial charge in [0, 0.05) is 24.7 Å². The van der Waals surface area contributed by atoms with Gasteiger partial charge in [0.25, 0.3) is 0 Å². The number of phenolic OH excluding ortho intramolecular Hbond substituents is 1. The topological polar surface area (TPSA) is 237 Å². The second-order valence-corrected chi connectivity index (χ2v) is 9.64. The Morgan fingerprint density at radius 2 is 1.54 bits per heavy atom. The molecule has 0 spiro atoms. The van der Waals surface area contributed by atoms with Crippen LogP contribution >= 0.6 is 11.8 Å². The molecule has 14 nitrogen and oxygen atoms in total. The SMILES string of the molecule is CSCCC(N)C(=O)NC(Cc1cnc[nH]1)C(=O)NC(Cc1ccc(O)cc1)C(=O)NC(CC(=O)O)C(=O)O. The predicted molar refractivity (Wildman–Crippen MR) is 141 cm³/mol. The number of carboxylic acids is 2. The van der Waals surface area contributed by atoms with Gasteiger partial charge in [0.2, 0.25) is 17.7 Å². The van der Waals surface area contributed by atoms with E-state index in [4.69, 9.17) is 10.8 Å². The Bertz CT molecular complexity index is 1130. The van der Waals surface area contributed by atoms with Crippen LogP contribution < -0.4 is 21.7 Å². The molecule has 3 amide bonds. The summed E-state index contributed by atoms with van der Waals surface area (Å²) in [6.45, 7) is 0. The summed E-state index contributed by atoms with van der Waals surface area (Å²) in [5, 5.41) is 35.2. The lowest BCUT2D eigenvalue weighted by Crippen LogP contribution is -2.58. The number of nitrogens with two attached hydrogens (primary N) is 1. The van der Waals surface area contributed by atoms with Crippen LogP contribution in [0.2, 0.25) is 0 Å². The number of nitrogens with zero attached hydrogens (tertiary/aromatic N) is 1. The molecule has 0 aliphatic rings. The summed E-state index contributed by atoms with van der Waals surface area (Å²) in [5.74, 6) is -4.70. The van der Waals surface area contributed by atoms with Gasteiger partial charge in [-0.2, -0.15) is 11.8 Å². The van der Waals surface area contributed by atoms with E-state index in [2.05, 4.69) is 25.9 Å². The summed E-state index contributed by atoms with van der Waals surface area (Å²) < 4.78 is 0. The second-order valence-electron chi connectivity index (χ2n) is 8.66. The fourth-order valence-electron chi connectivity index (χ4n) is 3.48. The normalized spacial score (nSPS) is 13.9. The number of aliphatic carboxylic acids is 2. The van der Waals surface area contributed by atoms with Gasteiger partial charge in [0.15, 0.2) is 0 Å². The fraction of sp³-hybridized carbons (Fsp3) is 0.417. The molecule has 212 valence electrons. The van der Waals surface area contributed by atoms with Crippen molar-refractivity contribution in [2.24, 2.45) is 5.73 Å². The molecule has 0 saturated carbocycles. The number of amides is 3. The van der Waals surface area contributed by atoms with E-state index in [-0.39, 0.29) is 18.6 Å². The number of H-pyrrole nitrogens is 1. The molecule has 1 aromatic heterocycles. The fourth-order valence-corrected chi connectivity index (χ4v) is 3.97. The third-order valence-electron chi connectivity index (χ3n) is 5.58. The third kappa shape index (κ3) is 10.6. The highest BCUT2D eigenvalue weighted by Crippen LogP contribution is 2.12. The van der Waals surface area contributed by atoms with Crippen molar-refractivity contribution < 1.29 is 39.3 Å². The Morgan fingerprint density at radius 1 is 0.949 bits per heavy atom. The first-order valence-electron chi connectivity index (χ1n) is 11.9. The van der Waals surface area contributed by atoms with Crippen molar-refractivity contribution in [3.8, 4) is 5.75 Å². The number of phenols is 1. The Labute approximate surface area is 228 Å². The van der Waals surface area contributed by atoms with E-state index in [0.717, 1.165) is 0 Å². The van der Waals surface area contributed by atoms with Crippen molar-refractivity contribution in [1.29, 1.82) is 0 Å². The molecule has 15 heteroatoms. The van der Waals surface area contributed by atoms with E-state index in [0.29, 0.717) is 23.4 Å². The van der Waals surface area contributed by atoms with Gasteiger partial charge in [0.05, 0.1) is 18.8 Å². The first-order valence-corrected chi connectivity index (χ1v) is 13.2. The van der Waals surface area contributed by atoms with Crippen LogP contribution in [0.3, 0.4) is 0 Å². The third-order valence-corrected chi connectivity index (χ3v) is 6.23. The van der Waals surface area contributed by atoms with Crippen molar-refractivity contribution in [2.45, 2.75) is 49.9 Å². The highest BCUT2D eigenvalue weighted by atomic mass is 32.2. The molecule has 1 heterocycles. The number of thioether (sulfide) groups is 1. The summed E-state index contributed by atoms with van der Waals surface area (Å²) >= 11 is 1.51. The molecule has 0 aliphatic carbocycles. The Morgan fingerprint density at radius 3 is 2.08 bits per heavy atom. The van der Waals surface area contributed by atoms with Crippen LogP contribution in [0.15, 0.2) is 36.8 Å². The van der Waals surface area contributed by atoms with Crippen molar-refractivity contribution in [3.63, 3.8) is 0 Å². The quantitative estimate of drug-likeness (QED) is 0.123. The number of carbonyl (C=O) groups is 5. The summed E-state index contributed by atoms with van der Waals surface area (Å²) in [5.41, 5.74) is 6.97. The summed E-state index contributed by atoms with van der Waals surface area (Å²) in [6.07, 6.45) is 4.07. The number of aromatic hydroxyl groups is 1. The van der Waals surface area contributed by atoms with E-state index in [1.165, 1.54) is 48.6 Å². The van der Waals surface area contributed by atoms with Crippen LogP contribution in [0.4, 0.5) is 0 Å². The molecule has 4 unspecified atom stereocenters. The van der Waals surface area contributed by atoms with Gasteiger partial charge < -0.3 is 42.0 Å². The Kier molecular flexibility index (Phi) is 12.2. The molecule has 39 heavy (non-hydrogen) atoms. The van der Waals surface area contributed by atoms with Crippen LogP contribution in [-0.2, 0) is 36.8 Å². The smallest absolute Gasteiger partial charge is 0.326 e. The zero-order valence-corrected chi connectivity index (χ0v) is 21.9. The van der Waals surface area contributed by atoms with E-state index in [1.807, 2.05) is 6.26 Å². The first kappa shape index (κ1) is 31.1. The maximum Gasteiger partial charge on any atom is 0.326 e. The zero-order valence-electron chi connectivity index (χ0n) is 21.1. The van der Waals surface area contributed by atoms with Gasteiger partial charge in [-0.05, 0) is 36.1 Å². The van der Waals surface area contributed by atoms with E-state index in [1.54, 1.807) is 0 Å². The number of aromatic amines is 1. The number of rotatable bonds is 16. The summed E-state index contributed by atoms with van der Waals surface area (Å²) in [6, 6.07) is 0.584. The number of hydrogen-bond acceptors (Lipinski definition) is 9. The molecular formula is C24H32N6O8S. The number of imidazole rings is 1. The van der Waals surface area contributed by atoms with Gasteiger partial charge in [-0.15, -0.1) is 0 Å². The van der Waals surface area contributed by atoms with Gasteiger partial charge in [-0.3, -0.25) is 19.2 Å². The van der Waals surface area contributed by atoms with E-state index in [9.17, 15) is 34.2 Å². The van der Waals surface area contributed by atoms with Crippen LogP contribution in [0.25, 0.3) is 0 Å². The molecule has 0 bridgehead atoms. The van der Waals surface area contributed by atoms with Gasteiger partial charge >= 0.3 is 11.9 Å². The van der Waals surface area contributed by atoms with Crippen molar-refractivity contribution in [3.05, 3.63) is 48.0 Å². The van der Waals surface area contributed by atoms with E-state index >= 15 is 0 Å². The zero-order chi connectivity index (χ0) is 28.9. The van der Waals surface area contributed by atoms with Crippen molar-refractivity contribution in [1.82, 2.24) is 25.9 Å². The molecular weight excluding hydrogens is 532 g/mol. The predicted octanol–water partition coefficient (Wildman–Crippen LogP) is -1.01. The molecule has 0 saturated heterocycles. The minimum atomic E-state index is -1.75. The number of carbonyl (C=O) groups excluding carboxylic acids is 3. The Hall–Kier alpha value is -4.11. The largest absolute Gasteiger partial charge is 0.508 e. The molecule has 1 aromatic carbocycles. The minimum Gasteiger partial charge on any atom is -0.508 e. The van der Waals surface area contributed by atoms with Crippen LogP contribution in [0, 0.1) is 0 Å². The average Bonchev–Trinajstić information content (AvgIpc) is 3.40. The summed E-state index contributed by atoms with van der Waals surface area (Å²) in [7, 11) is 0. The maximum absolute atomic E-state index is 13.4. The molecule has 0 aliphatic heterocycles. The average molecular weight is 565 g/mol.